The number of esters is 1. The fourth-order valence-corrected chi connectivity index (χ4v) is 1.97. The van der Waals surface area contributed by atoms with Gasteiger partial charge in [-0.25, -0.2) is 4.79 Å². The summed E-state index contributed by atoms with van der Waals surface area (Å²) in [6.07, 6.45) is 0.450. The Morgan fingerprint density at radius 3 is 2.17 bits per heavy atom. The molecule has 0 N–H and O–H groups in total. The minimum atomic E-state index is -0.356. The number of azo groups is 1. The van der Waals surface area contributed by atoms with E-state index < -0.39 is 0 Å². The molecule has 0 bridgehead atoms. The number of carbonyl (C=O) groups excluding carboxylic acids is 1. The highest BCUT2D eigenvalue weighted by Gasteiger charge is 2.10. The zero-order chi connectivity index (χ0) is 16.7. The molecule has 0 saturated heterocycles. The summed E-state index contributed by atoms with van der Waals surface area (Å²) in [6, 6.07) is 17.3. The Morgan fingerprint density at radius 2 is 1.61 bits per heavy atom. The topological polar surface area (TPSA) is 51.0 Å². The molecular formula is C19H20N2O2. The summed E-state index contributed by atoms with van der Waals surface area (Å²) in [7, 11) is 0. The van der Waals surface area contributed by atoms with Gasteiger partial charge in [0, 0.05) is 12.0 Å². The molecule has 0 fully saturated rings. The Balaban J connectivity index is 1.93. The zero-order valence-electron chi connectivity index (χ0n) is 13.4. The minimum Gasteiger partial charge on any atom is -0.459 e. The summed E-state index contributed by atoms with van der Waals surface area (Å²) in [6.45, 7) is 7.08. The van der Waals surface area contributed by atoms with Crippen LogP contribution in [0.4, 0.5) is 11.4 Å². The fourth-order valence-electron chi connectivity index (χ4n) is 1.97. The molecule has 2 aromatic rings. The van der Waals surface area contributed by atoms with Gasteiger partial charge in [-0.1, -0.05) is 36.9 Å². The normalized spacial score (nSPS) is 12.1. The van der Waals surface area contributed by atoms with Gasteiger partial charge in [0.15, 0.2) is 0 Å². The summed E-state index contributed by atoms with van der Waals surface area (Å²) < 4.78 is 5.27. The van der Waals surface area contributed by atoms with Crippen molar-refractivity contribution in [2.45, 2.75) is 26.4 Å². The van der Waals surface area contributed by atoms with Crippen molar-refractivity contribution in [2.75, 3.05) is 0 Å². The first-order valence-corrected chi connectivity index (χ1v) is 7.47. The molecule has 0 heterocycles. The van der Waals surface area contributed by atoms with Gasteiger partial charge in [-0.15, -0.1) is 0 Å². The highest BCUT2D eigenvalue weighted by atomic mass is 16.5. The summed E-state index contributed by atoms with van der Waals surface area (Å²) in [5, 5.41) is 8.37. The number of ether oxygens (including phenoxy) is 1. The van der Waals surface area contributed by atoms with Crippen molar-refractivity contribution in [3.05, 3.63) is 72.3 Å². The molecule has 0 spiro atoms. The lowest BCUT2D eigenvalue weighted by Gasteiger charge is -2.13. The van der Waals surface area contributed by atoms with Gasteiger partial charge >= 0.3 is 5.97 Å². The van der Waals surface area contributed by atoms with E-state index in [0.29, 0.717) is 12.0 Å². The average molecular weight is 308 g/mol. The van der Waals surface area contributed by atoms with E-state index in [0.717, 1.165) is 16.9 Å². The number of carbonyl (C=O) groups is 1. The maximum Gasteiger partial charge on any atom is 0.333 e. The standard InChI is InChI=1S/C19H20N2O2/c1-14(2)19(22)23-15(3)13-16-9-11-18(12-10-16)21-20-17-7-5-4-6-8-17/h4-12,15H,1,13H2,2-3H3. The van der Waals surface area contributed by atoms with Crippen LogP contribution in [0.15, 0.2) is 77.0 Å². The second-order valence-corrected chi connectivity index (χ2v) is 5.40. The van der Waals surface area contributed by atoms with Crippen molar-refractivity contribution < 1.29 is 9.53 Å². The molecule has 0 amide bonds. The molecule has 23 heavy (non-hydrogen) atoms. The summed E-state index contributed by atoms with van der Waals surface area (Å²) in [5.41, 5.74) is 3.08. The maximum absolute atomic E-state index is 11.5. The number of benzene rings is 2. The van der Waals surface area contributed by atoms with Crippen molar-refractivity contribution in [1.29, 1.82) is 0 Å². The maximum atomic E-state index is 11.5. The predicted molar refractivity (Wildman–Crippen MR) is 91.1 cm³/mol. The van der Waals surface area contributed by atoms with Crippen LogP contribution in [0.2, 0.25) is 0 Å². The first-order chi connectivity index (χ1) is 11.0. The van der Waals surface area contributed by atoms with E-state index in [1.54, 1.807) is 6.92 Å². The van der Waals surface area contributed by atoms with E-state index in [4.69, 9.17) is 4.74 Å². The highest BCUT2D eigenvalue weighted by molar-refractivity contribution is 5.87. The number of hydrogen-bond acceptors (Lipinski definition) is 4. The first kappa shape index (κ1) is 16.6. The molecule has 4 nitrogen and oxygen atoms in total. The highest BCUT2D eigenvalue weighted by Crippen LogP contribution is 2.19. The van der Waals surface area contributed by atoms with Crippen LogP contribution in [-0.4, -0.2) is 12.1 Å². The van der Waals surface area contributed by atoms with Crippen LogP contribution in [0.3, 0.4) is 0 Å². The van der Waals surface area contributed by atoms with E-state index in [1.807, 2.05) is 61.5 Å². The van der Waals surface area contributed by atoms with Gasteiger partial charge < -0.3 is 4.74 Å². The fraction of sp³-hybridized carbons (Fsp3) is 0.211. The van der Waals surface area contributed by atoms with Gasteiger partial charge in [0.05, 0.1) is 11.4 Å². The lowest BCUT2D eigenvalue weighted by Crippen LogP contribution is -2.17. The molecule has 2 rings (SSSR count). The Bertz CT molecular complexity index is 691. The average Bonchev–Trinajstić information content (AvgIpc) is 2.55. The third-order valence-electron chi connectivity index (χ3n) is 3.15. The molecule has 4 heteroatoms. The molecule has 0 radical (unpaired) electrons. The Kier molecular flexibility index (Phi) is 5.80. The number of nitrogens with zero attached hydrogens (tertiary/aromatic N) is 2. The Hall–Kier alpha value is -2.75. The van der Waals surface area contributed by atoms with Crippen molar-refractivity contribution >= 4 is 17.3 Å². The molecule has 0 aliphatic carbocycles. The van der Waals surface area contributed by atoms with Crippen LogP contribution in [0.1, 0.15) is 19.4 Å². The molecular weight excluding hydrogens is 288 g/mol. The van der Waals surface area contributed by atoms with Gasteiger partial charge in [0.1, 0.15) is 6.10 Å². The van der Waals surface area contributed by atoms with Crippen LogP contribution < -0.4 is 0 Å². The first-order valence-electron chi connectivity index (χ1n) is 7.47. The summed E-state index contributed by atoms with van der Waals surface area (Å²) in [4.78, 5) is 11.5. The van der Waals surface area contributed by atoms with Gasteiger partial charge in [0.25, 0.3) is 0 Å². The van der Waals surface area contributed by atoms with Crippen molar-refractivity contribution in [1.82, 2.24) is 0 Å². The van der Waals surface area contributed by atoms with Crippen LogP contribution in [-0.2, 0) is 16.0 Å². The van der Waals surface area contributed by atoms with E-state index in [-0.39, 0.29) is 12.1 Å². The summed E-state index contributed by atoms with van der Waals surface area (Å²) >= 11 is 0. The van der Waals surface area contributed by atoms with Crippen LogP contribution in [0.25, 0.3) is 0 Å². The number of rotatable bonds is 6. The van der Waals surface area contributed by atoms with Crippen LogP contribution in [0, 0.1) is 0 Å². The molecule has 0 aliphatic heterocycles. The van der Waals surface area contributed by atoms with E-state index in [2.05, 4.69) is 16.8 Å². The quantitative estimate of drug-likeness (QED) is 0.421. The predicted octanol–water partition coefficient (Wildman–Crippen LogP) is 5.15. The van der Waals surface area contributed by atoms with E-state index >= 15 is 0 Å². The molecule has 1 atom stereocenters. The summed E-state index contributed by atoms with van der Waals surface area (Å²) in [5.74, 6) is -0.356. The van der Waals surface area contributed by atoms with E-state index in [9.17, 15) is 4.79 Å². The molecule has 0 saturated carbocycles. The SMILES string of the molecule is C=C(C)C(=O)OC(C)Cc1ccc(N=Nc2ccccc2)cc1. The zero-order valence-corrected chi connectivity index (χ0v) is 13.4. The molecule has 1 unspecified atom stereocenters. The monoisotopic (exact) mass is 308 g/mol. The lowest BCUT2D eigenvalue weighted by atomic mass is 10.1. The second-order valence-electron chi connectivity index (χ2n) is 5.40. The molecule has 0 aromatic heterocycles. The largest absolute Gasteiger partial charge is 0.459 e. The number of hydrogen-bond donors (Lipinski definition) is 0. The van der Waals surface area contributed by atoms with Gasteiger partial charge in [-0.3, -0.25) is 0 Å². The van der Waals surface area contributed by atoms with Crippen LogP contribution in [0.5, 0.6) is 0 Å². The minimum absolute atomic E-state index is 0.198. The lowest BCUT2D eigenvalue weighted by molar-refractivity contribution is -0.143. The smallest absolute Gasteiger partial charge is 0.333 e. The Morgan fingerprint density at radius 1 is 1.04 bits per heavy atom. The second kappa shape index (κ2) is 8.03. The molecule has 0 aliphatic rings. The van der Waals surface area contributed by atoms with Gasteiger partial charge in [0.2, 0.25) is 0 Å². The third-order valence-corrected chi connectivity index (χ3v) is 3.15. The van der Waals surface area contributed by atoms with E-state index in [1.165, 1.54) is 0 Å². The Labute approximate surface area is 136 Å². The van der Waals surface area contributed by atoms with Gasteiger partial charge in [-0.2, -0.15) is 10.2 Å². The van der Waals surface area contributed by atoms with Crippen molar-refractivity contribution in [2.24, 2.45) is 10.2 Å². The van der Waals surface area contributed by atoms with Crippen LogP contribution >= 0.6 is 0 Å². The van der Waals surface area contributed by atoms with Gasteiger partial charge in [-0.05, 0) is 43.7 Å². The third kappa shape index (κ3) is 5.51. The van der Waals surface area contributed by atoms with Crippen molar-refractivity contribution in [3.8, 4) is 0 Å². The molecule has 2 aromatic carbocycles. The van der Waals surface area contributed by atoms with Crippen molar-refractivity contribution in [3.63, 3.8) is 0 Å². The molecule has 118 valence electrons.